The number of benzene rings is 1. The van der Waals surface area contributed by atoms with Crippen molar-refractivity contribution in [2.45, 2.75) is 44.1 Å². The summed E-state index contributed by atoms with van der Waals surface area (Å²) in [5.74, 6) is 1.77. The zero-order valence-corrected chi connectivity index (χ0v) is 16.7. The van der Waals surface area contributed by atoms with Crippen molar-refractivity contribution in [1.82, 2.24) is 19.7 Å². The number of nitrogens with zero attached hydrogens (tertiary/aromatic N) is 6. The SMILES string of the molecule is CC(C)(O)C1CN(c2cc(-n3ncc4ccc(C5(C#N)CCC5)cc43)ncn2)C1. The standard InChI is InChI=1S/C22H24N6O/c1-21(2,29)17-11-27(12-17)19-9-20(25-14-24-19)28-18-8-16(5-4-15(18)10-26-28)22(13-23)6-3-7-22/h4-5,8-10,14,17,29H,3,6-7,11-12H2,1-2H3. The van der Waals surface area contributed by atoms with Gasteiger partial charge >= 0.3 is 0 Å². The summed E-state index contributed by atoms with van der Waals surface area (Å²) in [6, 6.07) is 10.6. The minimum atomic E-state index is -0.681. The van der Waals surface area contributed by atoms with Crippen LogP contribution in [-0.4, -0.2) is 43.5 Å². The van der Waals surface area contributed by atoms with Crippen LogP contribution in [0.5, 0.6) is 0 Å². The molecule has 3 aromatic rings. The molecule has 2 aliphatic rings. The van der Waals surface area contributed by atoms with Crippen molar-refractivity contribution in [1.29, 1.82) is 5.26 Å². The molecule has 2 aromatic heterocycles. The monoisotopic (exact) mass is 388 g/mol. The van der Waals surface area contributed by atoms with Crippen molar-refractivity contribution < 1.29 is 5.11 Å². The maximum absolute atomic E-state index is 10.2. The van der Waals surface area contributed by atoms with E-state index in [0.29, 0.717) is 5.82 Å². The number of anilines is 1. The van der Waals surface area contributed by atoms with E-state index < -0.39 is 5.60 Å². The smallest absolute Gasteiger partial charge is 0.159 e. The number of hydrogen-bond donors (Lipinski definition) is 1. The highest BCUT2D eigenvalue weighted by Gasteiger charge is 2.39. The molecule has 148 valence electrons. The fourth-order valence-corrected chi connectivity index (χ4v) is 4.23. The van der Waals surface area contributed by atoms with E-state index in [9.17, 15) is 10.4 Å². The third-order valence-electron chi connectivity index (χ3n) is 6.60. The summed E-state index contributed by atoms with van der Waals surface area (Å²) in [5.41, 5.74) is 0.973. The molecule has 1 aliphatic heterocycles. The van der Waals surface area contributed by atoms with Crippen LogP contribution in [0.2, 0.25) is 0 Å². The summed E-state index contributed by atoms with van der Waals surface area (Å²) >= 11 is 0. The van der Waals surface area contributed by atoms with Gasteiger partial charge in [0.1, 0.15) is 12.1 Å². The fraction of sp³-hybridized carbons (Fsp3) is 0.455. The maximum Gasteiger partial charge on any atom is 0.159 e. The van der Waals surface area contributed by atoms with Gasteiger partial charge in [0.25, 0.3) is 0 Å². The van der Waals surface area contributed by atoms with Crippen LogP contribution >= 0.6 is 0 Å². The van der Waals surface area contributed by atoms with Crippen LogP contribution in [0, 0.1) is 17.2 Å². The Morgan fingerprint density at radius 1 is 1.17 bits per heavy atom. The summed E-state index contributed by atoms with van der Waals surface area (Å²) in [4.78, 5) is 11.0. The predicted octanol–water partition coefficient (Wildman–Crippen LogP) is 2.97. The molecule has 29 heavy (non-hydrogen) atoms. The van der Waals surface area contributed by atoms with Gasteiger partial charge in [-0.2, -0.15) is 10.4 Å². The normalized spacial score (nSPS) is 18.9. The van der Waals surface area contributed by atoms with Crippen molar-refractivity contribution >= 4 is 16.7 Å². The highest BCUT2D eigenvalue weighted by molar-refractivity contribution is 5.81. The second-order valence-electron chi connectivity index (χ2n) is 8.87. The largest absolute Gasteiger partial charge is 0.390 e. The average molecular weight is 388 g/mol. The minimum Gasteiger partial charge on any atom is -0.390 e. The molecule has 0 bridgehead atoms. The molecule has 0 atom stereocenters. The topological polar surface area (TPSA) is 90.9 Å². The molecule has 1 saturated carbocycles. The van der Waals surface area contributed by atoms with Crippen molar-refractivity contribution in [3.8, 4) is 11.9 Å². The molecule has 3 heterocycles. The molecule has 0 unspecified atom stereocenters. The third kappa shape index (κ3) is 2.87. The third-order valence-corrected chi connectivity index (χ3v) is 6.60. The summed E-state index contributed by atoms with van der Waals surface area (Å²) in [6.07, 6.45) is 6.31. The van der Waals surface area contributed by atoms with Crippen LogP contribution in [0.1, 0.15) is 38.7 Å². The number of fused-ring (bicyclic) bond motifs is 1. The zero-order chi connectivity index (χ0) is 20.2. The van der Waals surface area contributed by atoms with Gasteiger partial charge in [-0.15, -0.1) is 0 Å². The lowest BCUT2D eigenvalue weighted by molar-refractivity contribution is 0.00438. The quantitative estimate of drug-likeness (QED) is 0.739. The van der Waals surface area contributed by atoms with Crippen molar-refractivity contribution in [3.05, 3.63) is 42.4 Å². The summed E-state index contributed by atoms with van der Waals surface area (Å²) < 4.78 is 1.82. The first kappa shape index (κ1) is 18.1. The Balaban J connectivity index is 1.48. The van der Waals surface area contributed by atoms with Crippen molar-refractivity contribution in [3.63, 3.8) is 0 Å². The lowest BCUT2D eigenvalue weighted by Crippen LogP contribution is -2.56. The first-order valence-electron chi connectivity index (χ1n) is 10.1. The van der Waals surface area contributed by atoms with Gasteiger partial charge in [-0.1, -0.05) is 12.1 Å². The van der Waals surface area contributed by atoms with E-state index in [1.54, 1.807) is 6.33 Å². The Morgan fingerprint density at radius 3 is 2.59 bits per heavy atom. The molecule has 0 amide bonds. The van der Waals surface area contributed by atoms with Crippen molar-refractivity contribution in [2.75, 3.05) is 18.0 Å². The van der Waals surface area contributed by atoms with E-state index >= 15 is 0 Å². The molecule has 0 spiro atoms. The van der Waals surface area contributed by atoms with Crippen LogP contribution in [-0.2, 0) is 5.41 Å². The second kappa shape index (κ2) is 6.26. The number of nitriles is 1. The Hall–Kier alpha value is -2.98. The molecule has 7 heteroatoms. The van der Waals surface area contributed by atoms with Gasteiger partial charge in [0.15, 0.2) is 5.82 Å². The average Bonchev–Trinajstić information content (AvgIpc) is 3.02. The number of rotatable bonds is 4. The van der Waals surface area contributed by atoms with E-state index in [2.05, 4.69) is 38.2 Å². The van der Waals surface area contributed by atoms with Crippen molar-refractivity contribution in [2.24, 2.45) is 5.92 Å². The van der Waals surface area contributed by atoms with E-state index in [0.717, 1.165) is 54.6 Å². The van der Waals surface area contributed by atoms with Gasteiger partial charge < -0.3 is 10.0 Å². The first-order valence-corrected chi connectivity index (χ1v) is 10.1. The molecule has 1 aromatic carbocycles. The van der Waals surface area contributed by atoms with Crippen LogP contribution < -0.4 is 4.90 Å². The fourth-order valence-electron chi connectivity index (χ4n) is 4.23. The van der Waals surface area contributed by atoms with Gasteiger partial charge in [-0.05, 0) is 44.7 Å². The van der Waals surface area contributed by atoms with Gasteiger partial charge in [0.2, 0.25) is 0 Å². The van der Waals surface area contributed by atoms with Crippen LogP contribution in [0.3, 0.4) is 0 Å². The lowest BCUT2D eigenvalue weighted by Gasteiger charge is -2.45. The first-order chi connectivity index (χ1) is 13.9. The molecule has 1 N–H and O–H groups in total. The van der Waals surface area contributed by atoms with Crippen LogP contribution in [0.4, 0.5) is 5.82 Å². The molecule has 0 radical (unpaired) electrons. The highest BCUT2D eigenvalue weighted by Crippen LogP contribution is 2.44. The minimum absolute atomic E-state index is 0.235. The van der Waals surface area contributed by atoms with Gasteiger partial charge in [0.05, 0.1) is 28.8 Å². The van der Waals surface area contributed by atoms with Gasteiger partial charge in [-0.3, -0.25) is 0 Å². The molecule has 5 rings (SSSR count). The summed E-state index contributed by atoms with van der Waals surface area (Å²) in [7, 11) is 0. The molecular weight excluding hydrogens is 364 g/mol. The Labute approximate surface area is 169 Å². The molecule has 7 nitrogen and oxygen atoms in total. The summed E-state index contributed by atoms with van der Waals surface area (Å²) in [5, 5.41) is 25.4. The Morgan fingerprint density at radius 2 is 1.93 bits per heavy atom. The molecule has 2 fully saturated rings. The Kier molecular flexibility index (Phi) is 3.90. The highest BCUT2D eigenvalue weighted by atomic mass is 16.3. The van der Waals surface area contributed by atoms with Gasteiger partial charge in [0, 0.05) is 30.5 Å². The predicted molar refractivity (Wildman–Crippen MR) is 110 cm³/mol. The van der Waals surface area contributed by atoms with Crippen LogP contribution in [0.15, 0.2) is 36.8 Å². The van der Waals surface area contributed by atoms with E-state index in [1.165, 1.54) is 0 Å². The second-order valence-corrected chi connectivity index (χ2v) is 8.87. The number of hydrogen-bond acceptors (Lipinski definition) is 6. The molecule has 1 saturated heterocycles. The zero-order valence-electron chi connectivity index (χ0n) is 16.7. The summed E-state index contributed by atoms with van der Waals surface area (Å²) in [6.45, 7) is 5.25. The molecular formula is C22H24N6O. The van der Waals surface area contributed by atoms with E-state index in [4.69, 9.17) is 0 Å². The van der Waals surface area contributed by atoms with Gasteiger partial charge in [-0.25, -0.2) is 14.6 Å². The molecule has 1 aliphatic carbocycles. The van der Waals surface area contributed by atoms with E-state index in [-0.39, 0.29) is 11.3 Å². The number of aliphatic hydroxyl groups is 1. The maximum atomic E-state index is 10.2. The lowest BCUT2D eigenvalue weighted by atomic mass is 9.65. The van der Waals surface area contributed by atoms with Crippen LogP contribution in [0.25, 0.3) is 16.7 Å². The Bertz CT molecular complexity index is 1110. The van der Waals surface area contributed by atoms with E-state index in [1.807, 2.05) is 36.9 Å². The number of aromatic nitrogens is 4.